The van der Waals surface area contributed by atoms with Crippen LogP contribution >= 0.6 is 0 Å². The molecule has 0 aliphatic carbocycles. The molecule has 1 aromatic heterocycles. The maximum Gasteiger partial charge on any atom is 0.158 e. The average Bonchev–Trinajstić information content (AvgIpc) is 2.96. The van der Waals surface area contributed by atoms with E-state index in [2.05, 4.69) is 46.9 Å². The summed E-state index contributed by atoms with van der Waals surface area (Å²) < 4.78 is 0. The van der Waals surface area contributed by atoms with Crippen LogP contribution in [0.2, 0.25) is 0 Å². The normalized spacial score (nSPS) is 17.8. The summed E-state index contributed by atoms with van der Waals surface area (Å²) in [5.41, 5.74) is 4.42. The number of hydrogen-bond acceptors (Lipinski definition) is 4. The molecule has 1 saturated heterocycles. The smallest absolute Gasteiger partial charge is 0.158 e. The second kappa shape index (κ2) is 5.53. The number of aromatic nitrogens is 2. The molecule has 21 heavy (non-hydrogen) atoms. The van der Waals surface area contributed by atoms with Crippen molar-refractivity contribution in [1.29, 1.82) is 5.26 Å². The summed E-state index contributed by atoms with van der Waals surface area (Å²) in [5, 5.41) is 8.77. The fourth-order valence-electron chi connectivity index (χ4n) is 3.03. The highest BCUT2D eigenvalue weighted by molar-refractivity contribution is 5.41. The van der Waals surface area contributed by atoms with Gasteiger partial charge in [0.1, 0.15) is 11.9 Å². The molecule has 3 rings (SSSR count). The molecule has 0 saturated carbocycles. The SMILES string of the molecule is Cc1cc(C)cc(C2CCN(c3cnc(C#N)cn3)C2)c1. The van der Waals surface area contributed by atoms with Crippen molar-refractivity contribution in [2.24, 2.45) is 0 Å². The van der Waals surface area contributed by atoms with Crippen LogP contribution in [0.15, 0.2) is 30.6 Å². The van der Waals surface area contributed by atoms with Crippen molar-refractivity contribution in [3.05, 3.63) is 53.0 Å². The van der Waals surface area contributed by atoms with Gasteiger partial charge in [-0.05, 0) is 25.8 Å². The third-order valence-electron chi connectivity index (χ3n) is 3.98. The summed E-state index contributed by atoms with van der Waals surface area (Å²) in [6.07, 6.45) is 4.37. The van der Waals surface area contributed by atoms with Crippen molar-refractivity contribution in [1.82, 2.24) is 9.97 Å². The standard InChI is InChI=1S/C17H18N4/c1-12-5-13(2)7-15(6-12)14-3-4-21(11-14)17-10-19-16(8-18)9-20-17/h5-7,9-10,14H,3-4,11H2,1-2H3. The largest absolute Gasteiger partial charge is 0.355 e. The van der Waals surface area contributed by atoms with E-state index in [-0.39, 0.29) is 0 Å². The highest BCUT2D eigenvalue weighted by Crippen LogP contribution is 2.30. The molecule has 106 valence electrons. The lowest BCUT2D eigenvalue weighted by Crippen LogP contribution is -2.20. The first kappa shape index (κ1) is 13.6. The van der Waals surface area contributed by atoms with Gasteiger partial charge in [0.05, 0.1) is 12.4 Å². The van der Waals surface area contributed by atoms with Gasteiger partial charge in [0.25, 0.3) is 0 Å². The maximum atomic E-state index is 8.77. The van der Waals surface area contributed by atoms with E-state index < -0.39 is 0 Å². The fourth-order valence-corrected chi connectivity index (χ4v) is 3.03. The van der Waals surface area contributed by atoms with Crippen LogP contribution in [0.4, 0.5) is 5.82 Å². The minimum absolute atomic E-state index is 0.365. The van der Waals surface area contributed by atoms with E-state index in [0.717, 1.165) is 25.3 Å². The van der Waals surface area contributed by atoms with Gasteiger partial charge in [-0.15, -0.1) is 0 Å². The van der Waals surface area contributed by atoms with E-state index in [1.165, 1.54) is 16.7 Å². The number of aryl methyl sites for hydroxylation is 2. The van der Waals surface area contributed by atoms with Crippen LogP contribution in [0.1, 0.15) is 34.7 Å². The van der Waals surface area contributed by atoms with Gasteiger partial charge in [-0.1, -0.05) is 29.3 Å². The Kier molecular flexibility index (Phi) is 3.57. The van der Waals surface area contributed by atoms with E-state index in [1.54, 1.807) is 12.4 Å². The molecule has 1 aliphatic rings. The van der Waals surface area contributed by atoms with Gasteiger partial charge in [-0.3, -0.25) is 0 Å². The molecule has 0 radical (unpaired) electrons. The molecule has 0 bridgehead atoms. The topological polar surface area (TPSA) is 52.8 Å². The molecule has 0 spiro atoms. The van der Waals surface area contributed by atoms with Crippen LogP contribution in [0.3, 0.4) is 0 Å². The third kappa shape index (κ3) is 2.87. The van der Waals surface area contributed by atoms with Gasteiger partial charge in [0, 0.05) is 19.0 Å². The van der Waals surface area contributed by atoms with Crippen molar-refractivity contribution in [2.75, 3.05) is 18.0 Å². The van der Waals surface area contributed by atoms with Crippen LogP contribution in [0, 0.1) is 25.2 Å². The quantitative estimate of drug-likeness (QED) is 0.847. The predicted octanol–water partition coefficient (Wildman–Crippen LogP) is 2.96. The lowest BCUT2D eigenvalue weighted by Gasteiger charge is -2.17. The zero-order valence-electron chi connectivity index (χ0n) is 12.4. The van der Waals surface area contributed by atoms with E-state index in [0.29, 0.717) is 11.6 Å². The van der Waals surface area contributed by atoms with E-state index >= 15 is 0 Å². The molecular weight excluding hydrogens is 260 g/mol. The highest BCUT2D eigenvalue weighted by Gasteiger charge is 2.25. The van der Waals surface area contributed by atoms with Gasteiger partial charge in [-0.25, -0.2) is 9.97 Å². The Balaban J connectivity index is 1.77. The first-order chi connectivity index (χ1) is 10.2. The molecule has 4 nitrogen and oxygen atoms in total. The number of nitrogens with zero attached hydrogens (tertiary/aromatic N) is 4. The summed E-state index contributed by atoms with van der Waals surface area (Å²) in [6, 6.07) is 8.78. The molecule has 2 heterocycles. The van der Waals surface area contributed by atoms with Crippen LogP contribution in [0.25, 0.3) is 0 Å². The minimum atomic E-state index is 0.365. The molecule has 2 aromatic rings. The summed E-state index contributed by atoms with van der Waals surface area (Å²) in [4.78, 5) is 10.7. The number of benzene rings is 1. The van der Waals surface area contributed by atoms with Crippen molar-refractivity contribution >= 4 is 5.82 Å². The van der Waals surface area contributed by atoms with Crippen LogP contribution in [-0.2, 0) is 0 Å². The Morgan fingerprint density at radius 2 is 1.90 bits per heavy atom. The van der Waals surface area contributed by atoms with Crippen molar-refractivity contribution < 1.29 is 0 Å². The zero-order valence-corrected chi connectivity index (χ0v) is 12.4. The Labute approximate surface area is 125 Å². The van der Waals surface area contributed by atoms with Gasteiger partial charge in [0.15, 0.2) is 5.69 Å². The molecule has 4 heteroatoms. The second-order valence-corrected chi connectivity index (χ2v) is 5.72. The lowest BCUT2D eigenvalue weighted by atomic mass is 9.95. The molecule has 0 N–H and O–H groups in total. The monoisotopic (exact) mass is 278 g/mol. The molecular formula is C17H18N4. The fraction of sp³-hybridized carbons (Fsp3) is 0.353. The number of anilines is 1. The second-order valence-electron chi connectivity index (χ2n) is 5.72. The maximum absolute atomic E-state index is 8.77. The predicted molar refractivity (Wildman–Crippen MR) is 82.2 cm³/mol. The molecule has 1 aromatic carbocycles. The van der Waals surface area contributed by atoms with Crippen LogP contribution in [0.5, 0.6) is 0 Å². The minimum Gasteiger partial charge on any atom is -0.355 e. The first-order valence-corrected chi connectivity index (χ1v) is 7.21. The summed E-state index contributed by atoms with van der Waals surface area (Å²) in [6.45, 7) is 6.24. The van der Waals surface area contributed by atoms with E-state index in [1.807, 2.05) is 6.07 Å². The summed E-state index contributed by atoms with van der Waals surface area (Å²) in [5.74, 6) is 1.40. The van der Waals surface area contributed by atoms with Gasteiger partial charge >= 0.3 is 0 Å². The molecule has 1 aliphatic heterocycles. The number of hydrogen-bond donors (Lipinski definition) is 0. The Hall–Kier alpha value is -2.41. The van der Waals surface area contributed by atoms with Gasteiger partial charge < -0.3 is 4.90 Å². The van der Waals surface area contributed by atoms with E-state index in [4.69, 9.17) is 5.26 Å². The van der Waals surface area contributed by atoms with Crippen LogP contribution in [-0.4, -0.2) is 23.1 Å². The summed E-state index contributed by atoms with van der Waals surface area (Å²) in [7, 11) is 0. The Morgan fingerprint density at radius 1 is 1.14 bits per heavy atom. The first-order valence-electron chi connectivity index (χ1n) is 7.21. The van der Waals surface area contributed by atoms with E-state index in [9.17, 15) is 0 Å². The van der Waals surface area contributed by atoms with Crippen molar-refractivity contribution in [2.45, 2.75) is 26.2 Å². The van der Waals surface area contributed by atoms with Crippen molar-refractivity contribution in [3.8, 4) is 6.07 Å². The van der Waals surface area contributed by atoms with Crippen LogP contribution < -0.4 is 4.90 Å². The number of nitriles is 1. The zero-order chi connectivity index (χ0) is 14.8. The Bertz CT molecular complexity index is 665. The van der Waals surface area contributed by atoms with Crippen molar-refractivity contribution in [3.63, 3.8) is 0 Å². The van der Waals surface area contributed by atoms with Gasteiger partial charge in [-0.2, -0.15) is 5.26 Å². The molecule has 0 amide bonds. The molecule has 1 atom stereocenters. The molecule has 1 fully saturated rings. The number of rotatable bonds is 2. The van der Waals surface area contributed by atoms with Gasteiger partial charge in [0.2, 0.25) is 0 Å². The molecule has 1 unspecified atom stereocenters. The third-order valence-corrected chi connectivity index (χ3v) is 3.98. The lowest BCUT2D eigenvalue weighted by molar-refractivity contribution is 0.772. The highest BCUT2D eigenvalue weighted by atomic mass is 15.2. The summed E-state index contributed by atoms with van der Waals surface area (Å²) >= 11 is 0. The Morgan fingerprint density at radius 3 is 2.52 bits per heavy atom. The average molecular weight is 278 g/mol.